The Balaban J connectivity index is 3.16. The van der Waals surface area contributed by atoms with E-state index in [4.69, 9.17) is 0 Å². The highest BCUT2D eigenvalue weighted by Crippen LogP contribution is 2.11. The Morgan fingerprint density at radius 3 is 2.88 bits per heavy atom. The quantitative estimate of drug-likeness (QED) is 0.421. The summed E-state index contributed by atoms with van der Waals surface area (Å²) in [5, 5.41) is 0. The normalized spacial score (nSPS) is 10.2. The van der Waals surface area contributed by atoms with Crippen LogP contribution in [0.5, 0.6) is 0 Å². The van der Waals surface area contributed by atoms with E-state index in [1.807, 2.05) is 13.1 Å². The summed E-state index contributed by atoms with van der Waals surface area (Å²) < 4.78 is 3.98. The lowest BCUT2D eigenvalue weighted by molar-refractivity contribution is 1.33. The van der Waals surface area contributed by atoms with Crippen LogP contribution in [-0.4, -0.2) is 6.21 Å². The minimum Gasteiger partial charge on any atom is -0.224 e. The molecule has 0 N–H and O–H groups in total. The zero-order valence-corrected chi connectivity index (χ0v) is 6.16. The van der Waals surface area contributed by atoms with Gasteiger partial charge in [0.2, 0.25) is 0 Å². The first-order valence-corrected chi connectivity index (χ1v) is 3.39. The molecule has 0 aromatic rings. The maximum atomic E-state index is 3.98. The molecule has 0 aliphatic heterocycles. The molecule has 8 heavy (non-hydrogen) atoms. The molecule has 0 aromatic carbocycles. The van der Waals surface area contributed by atoms with Crippen molar-refractivity contribution in [2.75, 3.05) is 0 Å². The molecule has 0 fully saturated rings. The van der Waals surface area contributed by atoms with Crippen molar-refractivity contribution in [2.45, 2.75) is 20.3 Å². The molecule has 0 aromatic heterocycles. The van der Waals surface area contributed by atoms with E-state index in [1.54, 1.807) is 0 Å². The molecule has 0 atom stereocenters. The lowest BCUT2D eigenvalue weighted by Gasteiger charge is -1.85. The highest BCUT2D eigenvalue weighted by Gasteiger charge is 1.77. The summed E-state index contributed by atoms with van der Waals surface area (Å²) in [6.45, 7) is 7.68. The Morgan fingerprint density at radius 2 is 2.50 bits per heavy atom. The molecular weight excluding hydrogens is 118 g/mol. The number of hydrogen-bond acceptors (Lipinski definition) is 2. The monoisotopic (exact) mass is 129 g/mol. The van der Waals surface area contributed by atoms with Gasteiger partial charge in [-0.25, -0.2) is 4.40 Å². The predicted molar refractivity (Wildman–Crippen MR) is 41.2 cm³/mol. The molecule has 0 bridgehead atoms. The Labute approximate surface area is 55.0 Å². The van der Waals surface area contributed by atoms with Crippen molar-refractivity contribution >= 4 is 18.2 Å². The lowest BCUT2D eigenvalue weighted by Crippen LogP contribution is -1.62. The minimum absolute atomic E-state index is 1.00. The summed E-state index contributed by atoms with van der Waals surface area (Å²) in [5.74, 6) is 0. The van der Waals surface area contributed by atoms with Gasteiger partial charge in [-0.1, -0.05) is 13.5 Å². The molecule has 0 spiro atoms. The number of allylic oxidation sites excluding steroid dienone is 1. The summed E-state index contributed by atoms with van der Waals surface area (Å²) in [7, 11) is 0. The van der Waals surface area contributed by atoms with Crippen LogP contribution in [0.3, 0.4) is 0 Å². The van der Waals surface area contributed by atoms with Crippen LogP contribution in [0.25, 0.3) is 0 Å². The van der Waals surface area contributed by atoms with Gasteiger partial charge < -0.3 is 0 Å². The third kappa shape index (κ3) is 5.76. The van der Waals surface area contributed by atoms with Gasteiger partial charge in [-0.05, 0) is 18.2 Å². The van der Waals surface area contributed by atoms with Crippen molar-refractivity contribution in [1.29, 1.82) is 0 Å². The summed E-state index contributed by atoms with van der Waals surface area (Å²) in [6.07, 6.45) is 2.87. The third-order valence-corrected chi connectivity index (χ3v) is 1.03. The molecule has 2 heteroatoms. The zero-order chi connectivity index (χ0) is 6.41. The lowest BCUT2D eigenvalue weighted by atomic mass is 10.6. The van der Waals surface area contributed by atoms with E-state index in [0.717, 1.165) is 11.3 Å². The van der Waals surface area contributed by atoms with Crippen LogP contribution >= 0.6 is 11.9 Å². The molecule has 0 rings (SSSR count). The van der Waals surface area contributed by atoms with Crippen LogP contribution in [0.1, 0.15) is 20.3 Å². The van der Waals surface area contributed by atoms with Gasteiger partial charge in [0.05, 0.1) is 0 Å². The number of hydrogen-bond donors (Lipinski definition) is 0. The standard InChI is InChI=1S/C6H11NS/c1-4-5-7-8-6(2)3/h5H,2,4H2,1,3H3/b7-5-. The van der Waals surface area contributed by atoms with Crippen LogP contribution in [0, 0.1) is 0 Å². The smallest absolute Gasteiger partial charge is 0.0127 e. The molecular formula is C6H11NS. The van der Waals surface area contributed by atoms with Gasteiger partial charge in [-0.2, -0.15) is 0 Å². The second kappa shape index (κ2) is 4.91. The Hall–Kier alpha value is -0.240. The van der Waals surface area contributed by atoms with Gasteiger partial charge in [0.1, 0.15) is 0 Å². The van der Waals surface area contributed by atoms with Crippen molar-refractivity contribution in [2.24, 2.45) is 4.40 Å². The highest BCUT2D eigenvalue weighted by atomic mass is 32.2. The maximum absolute atomic E-state index is 3.98. The van der Waals surface area contributed by atoms with Gasteiger partial charge >= 0.3 is 0 Å². The molecule has 1 nitrogen and oxygen atoms in total. The van der Waals surface area contributed by atoms with E-state index in [-0.39, 0.29) is 0 Å². The minimum atomic E-state index is 1.00. The van der Waals surface area contributed by atoms with E-state index in [2.05, 4.69) is 17.9 Å². The molecule has 0 heterocycles. The van der Waals surface area contributed by atoms with Gasteiger partial charge in [0.25, 0.3) is 0 Å². The summed E-state index contributed by atoms with van der Waals surface area (Å²) in [5.41, 5.74) is 0. The summed E-state index contributed by atoms with van der Waals surface area (Å²) in [4.78, 5) is 1.04. The Kier molecular flexibility index (Phi) is 4.76. The number of nitrogens with zero attached hydrogens (tertiary/aromatic N) is 1. The van der Waals surface area contributed by atoms with E-state index in [9.17, 15) is 0 Å². The van der Waals surface area contributed by atoms with Crippen molar-refractivity contribution in [1.82, 2.24) is 0 Å². The van der Waals surface area contributed by atoms with E-state index >= 15 is 0 Å². The molecule has 0 unspecified atom stereocenters. The van der Waals surface area contributed by atoms with Gasteiger partial charge in [-0.15, -0.1) is 0 Å². The first-order valence-electron chi connectivity index (χ1n) is 2.61. The van der Waals surface area contributed by atoms with E-state index < -0.39 is 0 Å². The van der Waals surface area contributed by atoms with Crippen LogP contribution < -0.4 is 0 Å². The predicted octanol–water partition coefficient (Wildman–Crippen LogP) is 2.65. The maximum Gasteiger partial charge on any atom is 0.0127 e. The second-order valence-electron chi connectivity index (χ2n) is 1.49. The summed E-state index contributed by atoms with van der Waals surface area (Å²) in [6, 6.07) is 0. The first kappa shape index (κ1) is 7.76. The first-order chi connectivity index (χ1) is 3.77. The average molecular weight is 129 g/mol. The zero-order valence-electron chi connectivity index (χ0n) is 5.35. The fourth-order valence-electron chi connectivity index (χ4n) is 0.202. The van der Waals surface area contributed by atoms with Gasteiger partial charge in [0.15, 0.2) is 0 Å². The molecule has 0 saturated heterocycles. The average Bonchev–Trinajstić information content (AvgIpc) is 1.66. The van der Waals surface area contributed by atoms with Crippen LogP contribution in [0.4, 0.5) is 0 Å². The number of rotatable bonds is 3. The van der Waals surface area contributed by atoms with E-state index in [1.165, 1.54) is 11.9 Å². The fourth-order valence-corrected chi connectivity index (χ4v) is 0.605. The van der Waals surface area contributed by atoms with Crippen molar-refractivity contribution in [3.63, 3.8) is 0 Å². The van der Waals surface area contributed by atoms with Gasteiger partial charge in [0, 0.05) is 18.2 Å². The molecule has 46 valence electrons. The molecule has 0 aliphatic carbocycles. The molecule has 0 saturated carbocycles. The summed E-state index contributed by atoms with van der Waals surface area (Å²) >= 11 is 1.43. The van der Waals surface area contributed by atoms with Crippen molar-refractivity contribution in [3.8, 4) is 0 Å². The Bertz CT molecular complexity index is 96.7. The van der Waals surface area contributed by atoms with Crippen LogP contribution in [0.15, 0.2) is 15.9 Å². The van der Waals surface area contributed by atoms with E-state index in [0.29, 0.717) is 0 Å². The topological polar surface area (TPSA) is 12.4 Å². The van der Waals surface area contributed by atoms with Crippen LogP contribution in [-0.2, 0) is 0 Å². The van der Waals surface area contributed by atoms with Crippen LogP contribution in [0.2, 0.25) is 0 Å². The van der Waals surface area contributed by atoms with Crippen molar-refractivity contribution in [3.05, 3.63) is 11.5 Å². The third-order valence-electron chi connectivity index (χ3n) is 0.466. The highest BCUT2D eigenvalue weighted by molar-refractivity contribution is 8.01. The second-order valence-corrected chi connectivity index (χ2v) is 2.58. The fraction of sp³-hybridized carbons (Fsp3) is 0.500. The molecule has 0 aliphatic rings. The largest absolute Gasteiger partial charge is 0.224 e. The van der Waals surface area contributed by atoms with Gasteiger partial charge in [-0.3, -0.25) is 0 Å². The molecule has 0 radical (unpaired) electrons. The Morgan fingerprint density at radius 1 is 1.88 bits per heavy atom. The molecule has 0 amide bonds. The van der Waals surface area contributed by atoms with Crippen molar-refractivity contribution < 1.29 is 0 Å². The SMILES string of the molecule is C=C(C)S/N=C\CC.